The van der Waals surface area contributed by atoms with Crippen molar-refractivity contribution in [3.05, 3.63) is 16.3 Å². The van der Waals surface area contributed by atoms with Crippen LogP contribution in [0.5, 0.6) is 0 Å². The van der Waals surface area contributed by atoms with Gasteiger partial charge in [-0.3, -0.25) is 10.1 Å². The summed E-state index contributed by atoms with van der Waals surface area (Å²) >= 11 is 0. The molecule has 3 rings (SSSR count). The van der Waals surface area contributed by atoms with Crippen LogP contribution in [0.1, 0.15) is 51.4 Å². The molecule has 1 heterocycles. The molecule has 0 saturated heterocycles. The number of aliphatic hydroxyl groups excluding tert-OH is 1. The zero-order chi connectivity index (χ0) is 19.2. The first kappa shape index (κ1) is 19.8. The van der Waals surface area contributed by atoms with Gasteiger partial charge in [-0.25, -0.2) is 4.98 Å². The number of aromatic nitrogens is 2. The van der Waals surface area contributed by atoms with Gasteiger partial charge in [-0.15, -0.1) is 0 Å². The van der Waals surface area contributed by atoms with E-state index in [1.165, 1.54) is 6.20 Å². The van der Waals surface area contributed by atoms with E-state index in [0.717, 1.165) is 51.4 Å². The van der Waals surface area contributed by atoms with Gasteiger partial charge in [0.15, 0.2) is 0 Å². The highest BCUT2D eigenvalue weighted by Gasteiger charge is 2.23. The molecule has 9 heteroatoms. The van der Waals surface area contributed by atoms with Gasteiger partial charge in [0.2, 0.25) is 11.8 Å². The third-order valence-corrected chi connectivity index (χ3v) is 5.72. The molecule has 0 radical (unpaired) electrons. The molecular weight excluding hydrogens is 348 g/mol. The van der Waals surface area contributed by atoms with Crippen LogP contribution < -0.4 is 16.4 Å². The number of anilines is 2. The van der Waals surface area contributed by atoms with E-state index in [-0.39, 0.29) is 23.7 Å². The Balaban J connectivity index is 1.59. The number of hydrogen-bond acceptors (Lipinski definition) is 8. The minimum Gasteiger partial charge on any atom is -0.393 e. The smallest absolute Gasteiger partial charge is 0.329 e. The molecule has 0 aromatic carbocycles. The SMILES string of the molecule is NC1CCC(CNc2nc(NC[C@H]3CCC[C@@H](O)C3)ncc2[N+](=O)[O-])CC1. The lowest BCUT2D eigenvalue weighted by Gasteiger charge is -2.26. The highest BCUT2D eigenvalue weighted by atomic mass is 16.6. The summed E-state index contributed by atoms with van der Waals surface area (Å²) in [4.78, 5) is 19.3. The average molecular weight is 378 g/mol. The summed E-state index contributed by atoms with van der Waals surface area (Å²) in [6.45, 7) is 1.31. The first-order valence-corrected chi connectivity index (χ1v) is 9.94. The Morgan fingerprint density at radius 2 is 1.89 bits per heavy atom. The third kappa shape index (κ3) is 5.74. The maximum atomic E-state index is 11.3. The quantitative estimate of drug-likeness (QED) is 0.418. The van der Waals surface area contributed by atoms with Crippen LogP contribution in [0.2, 0.25) is 0 Å². The van der Waals surface area contributed by atoms with Crippen molar-refractivity contribution in [2.24, 2.45) is 17.6 Å². The second kappa shape index (κ2) is 9.27. The number of hydrogen-bond donors (Lipinski definition) is 4. The van der Waals surface area contributed by atoms with Crippen LogP contribution in [-0.2, 0) is 0 Å². The van der Waals surface area contributed by atoms with Gasteiger partial charge in [0.1, 0.15) is 6.20 Å². The molecule has 0 unspecified atom stereocenters. The summed E-state index contributed by atoms with van der Waals surface area (Å²) in [7, 11) is 0. The highest BCUT2D eigenvalue weighted by Crippen LogP contribution is 2.27. The normalized spacial score (nSPS) is 28.5. The molecule has 150 valence electrons. The van der Waals surface area contributed by atoms with Gasteiger partial charge in [-0.1, -0.05) is 6.42 Å². The summed E-state index contributed by atoms with van der Waals surface area (Å²) in [6, 6.07) is 0.281. The molecule has 0 spiro atoms. The van der Waals surface area contributed by atoms with Crippen molar-refractivity contribution in [2.45, 2.75) is 63.5 Å². The number of nitrogens with two attached hydrogens (primary N) is 1. The molecule has 27 heavy (non-hydrogen) atoms. The molecule has 0 aliphatic heterocycles. The molecular formula is C18H30N6O3. The molecule has 2 aliphatic rings. The molecule has 1 aromatic rings. The number of rotatable bonds is 7. The van der Waals surface area contributed by atoms with E-state index >= 15 is 0 Å². The van der Waals surface area contributed by atoms with Crippen LogP contribution in [0, 0.1) is 22.0 Å². The molecule has 0 bridgehead atoms. The van der Waals surface area contributed by atoms with E-state index in [1.54, 1.807) is 0 Å². The van der Waals surface area contributed by atoms with Gasteiger partial charge in [0.05, 0.1) is 11.0 Å². The van der Waals surface area contributed by atoms with E-state index in [0.29, 0.717) is 30.9 Å². The Kier molecular flexibility index (Phi) is 6.78. The predicted molar refractivity (Wildman–Crippen MR) is 104 cm³/mol. The second-order valence-electron chi connectivity index (χ2n) is 7.91. The first-order valence-electron chi connectivity index (χ1n) is 9.94. The number of aliphatic hydroxyl groups is 1. The van der Waals surface area contributed by atoms with Crippen molar-refractivity contribution >= 4 is 17.5 Å². The monoisotopic (exact) mass is 378 g/mol. The molecule has 5 N–H and O–H groups in total. The zero-order valence-electron chi connectivity index (χ0n) is 15.6. The highest BCUT2D eigenvalue weighted by molar-refractivity contribution is 5.57. The lowest BCUT2D eigenvalue weighted by molar-refractivity contribution is -0.384. The van der Waals surface area contributed by atoms with Gasteiger partial charge in [-0.2, -0.15) is 4.98 Å². The second-order valence-corrected chi connectivity index (χ2v) is 7.91. The Hall–Kier alpha value is -2.00. The van der Waals surface area contributed by atoms with Gasteiger partial charge in [0.25, 0.3) is 0 Å². The maximum absolute atomic E-state index is 11.3. The molecule has 2 aliphatic carbocycles. The van der Waals surface area contributed by atoms with Crippen molar-refractivity contribution in [3.8, 4) is 0 Å². The van der Waals surface area contributed by atoms with Crippen molar-refractivity contribution in [2.75, 3.05) is 23.7 Å². The summed E-state index contributed by atoms with van der Waals surface area (Å²) in [6.07, 6.45) is 8.80. The Morgan fingerprint density at radius 1 is 1.15 bits per heavy atom. The fraction of sp³-hybridized carbons (Fsp3) is 0.778. The van der Waals surface area contributed by atoms with Gasteiger partial charge in [0, 0.05) is 19.1 Å². The topological polar surface area (TPSA) is 139 Å². The summed E-state index contributed by atoms with van der Waals surface area (Å²) < 4.78 is 0. The number of nitrogens with zero attached hydrogens (tertiary/aromatic N) is 3. The third-order valence-electron chi connectivity index (χ3n) is 5.72. The van der Waals surface area contributed by atoms with Crippen LogP contribution >= 0.6 is 0 Å². The predicted octanol–water partition coefficient (Wildman–Crippen LogP) is 2.28. The minimum atomic E-state index is -0.458. The Bertz CT molecular complexity index is 636. The lowest BCUT2D eigenvalue weighted by Crippen LogP contribution is -2.29. The van der Waals surface area contributed by atoms with E-state index in [4.69, 9.17) is 5.73 Å². The average Bonchev–Trinajstić information content (AvgIpc) is 2.66. The maximum Gasteiger partial charge on any atom is 0.329 e. The molecule has 1 aromatic heterocycles. The van der Waals surface area contributed by atoms with Crippen molar-refractivity contribution in [1.29, 1.82) is 0 Å². The van der Waals surface area contributed by atoms with E-state index in [9.17, 15) is 15.2 Å². The van der Waals surface area contributed by atoms with Crippen LogP contribution in [-0.4, -0.2) is 45.2 Å². The fourth-order valence-corrected chi connectivity index (χ4v) is 4.04. The molecule has 9 nitrogen and oxygen atoms in total. The van der Waals surface area contributed by atoms with Crippen molar-refractivity contribution in [3.63, 3.8) is 0 Å². The fourth-order valence-electron chi connectivity index (χ4n) is 4.04. The van der Waals surface area contributed by atoms with Gasteiger partial charge >= 0.3 is 5.69 Å². The van der Waals surface area contributed by atoms with Crippen LogP contribution in [0.15, 0.2) is 6.20 Å². The Morgan fingerprint density at radius 3 is 2.59 bits per heavy atom. The summed E-state index contributed by atoms with van der Waals surface area (Å²) in [5, 5.41) is 27.4. The number of nitrogens with one attached hydrogen (secondary N) is 2. The number of nitro groups is 1. The zero-order valence-corrected chi connectivity index (χ0v) is 15.6. The van der Waals surface area contributed by atoms with Crippen molar-refractivity contribution < 1.29 is 10.0 Å². The van der Waals surface area contributed by atoms with E-state index < -0.39 is 4.92 Å². The molecule has 0 amide bonds. The van der Waals surface area contributed by atoms with Crippen LogP contribution in [0.25, 0.3) is 0 Å². The van der Waals surface area contributed by atoms with E-state index in [2.05, 4.69) is 20.6 Å². The minimum absolute atomic E-state index is 0.110. The molecule has 2 fully saturated rings. The summed E-state index contributed by atoms with van der Waals surface area (Å²) in [5.41, 5.74) is 5.83. The van der Waals surface area contributed by atoms with Crippen LogP contribution in [0.4, 0.5) is 17.5 Å². The van der Waals surface area contributed by atoms with Crippen molar-refractivity contribution in [1.82, 2.24) is 9.97 Å². The van der Waals surface area contributed by atoms with Gasteiger partial charge < -0.3 is 21.5 Å². The molecule has 2 atom stereocenters. The standard InChI is InChI=1S/C18H30N6O3/c19-14-6-4-12(5-7-14)9-20-17-16(24(26)27)11-22-18(23-17)21-10-13-2-1-3-15(25)8-13/h11-15,25H,1-10,19H2,(H2,20,21,22,23)/t12?,13-,14?,15+/m0/s1. The molecule has 2 saturated carbocycles. The van der Waals surface area contributed by atoms with Crippen LogP contribution in [0.3, 0.4) is 0 Å². The lowest BCUT2D eigenvalue weighted by atomic mass is 9.86. The largest absolute Gasteiger partial charge is 0.393 e. The first-order chi connectivity index (χ1) is 13.0. The Labute approximate surface area is 159 Å². The van der Waals surface area contributed by atoms with Gasteiger partial charge in [-0.05, 0) is 56.8 Å². The summed E-state index contributed by atoms with van der Waals surface area (Å²) in [5.74, 6) is 1.47. The van der Waals surface area contributed by atoms with E-state index in [1.807, 2.05) is 0 Å².